The lowest BCUT2D eigenvalue weighted by molar-refractivity contribution is -0.124. The van der Waals surface area contributed by atoms with E-state index in [1.165, 1.54) is 64.2 Å². The van der Waals surface area contributed by atoms with Crippen molar-refractivity contribution in [2.75, 3.05) is 26.3 Å². The highest BCUT2D eigenvalue weighted by atomic mass is 16.5. The third-order valence-corrected chi connectivity index (χ3v) is 7.17. The summed E-state index contributed by atoms with van der Waals surface area (Å²) in [7, 11) is 0. The fourth-order valence-electron chi connectivity index (χ4n) is 5.23. The number of amides is 1. The lowest BCUT2D eigenvalue weighted by Gasteiger charge is -2.14. The van der Waals surface area contributed by atoms with Gasteiger partial charge in [-0.15, -0.1) is 0 Å². The fourth-order valence-corrected chi connectivity index (χ4v) is 5.23. The Hall–Kier alpha value is -3.59. The number of nitrogens with one attached hydrogen (secondary N) is 4. The number of benzene rings is 2. The molecule has 0 spiro atoms. The van der Waals surface area contributed by atoms with E-state index >= 15 is 0 Å². The molecule has 0 saturated heterocycles. The van der Waals surface area contributed by atoms with Gasteiger partial charge in [0.05, 0.1) is 19.8 Å². The summed E-state index contributed by atoms with van der Waals surface area (Å²) in [6.45, 7) is 5.15. The van der Waals surface area contributed by atoms with Crippen molar-refractivity contribution < 1.29 is 19.5 Å². The number of hydroxylamine groups is 1. The first kappa shape index (κ1) is 26.0. The highest BCUT2D eigenvalue weighted by molar-refractivity contribution is 5.90. The molecule has 0 aliphatic carbocycles. The summed E-state index contributed by atoms with van der Waals surface area (Å²) in [6.07, 6.45) is 8.56. The molecule has 4 heterocycles. The van der Waals surface area contributed by atoms with Crippen LogP contribution in [0.1, 0.15) is 47.2 Å². The zero-order chi connectivity index (χ0) is 26.2. The largest absolute Gasteiger partial charge is 0.479 e. The van der Waals surface area contributed by atoms with Crippen molar-refractivity contribution in [3.63, 3.8) is 0 Å². The summed E-state index contributed by atoms with van der Waals surface area (Å²) in [4.78, 5) is 14.5. The molecule has 2 aromatic carbocycles. The van der Waals surface area contributed by atoms with Crippen molar-refractivity contribution in [1.29, 1.82) is 0 Å². The minimum absolute atomic E-state index is 0.540. The molecule has 3 aliphatic heterocycles. The number of fused-ring (bicyclic) bond motifs is 3. The maximum atomic E-state index is 11.0. The summed E-state index contributed by atoms with van der Waals surface area (Å²) < 4.78 is 10.9. The van der Waals surface area contributed by atoms with E-state index in [1.54, 1.807) is 11.6 Å². The topological polar surface area (TPSA) is 108 Å². The van der Waals surface area contributed by atoms with E-state index in [1.807, 2.05) is 24.3 Å². The van der Waals surface area contributed by atoms with E-state index in [0.717, 1.165) is 57.1 Å². The highest BCUT2D eigenvalue weighted by Gasteiger charge is 2.18. The minimum atomic E-state index is -0.540. The van der Waals surface area contributed by atoms with Gasteiger partial charge in [-0.2, -0.15) is 0 Å². The van der Waals surface area contributed by atoms with Crippen molar-refractivity contribution in [3.8, 4) is 0 Å². The van der Waals surface area contributed by atoms with Crippen LogP contribution in [0.25, 0.3) is 17.0 Å². The van der Waals surface area contributed by atoms with Crippen molar-refractivity contribution in [2.24, 2.45) is 0 Å². The molecule has 3 aromatic rings. The van der Waals surface area contributed by atoms with E-state index < -0.39 is 5.91 Å². The summed E-state index contributed by atoms with van der Waals surface area (Å²) >= 11 is 0. The second kappa shape index (κ2) is 12.8. The second-order valence-corrected chi connectivity index (χ2v) is 9.76. The molecule has 0 bridgehead atoms. The SMILES string of the molecule is C1COC2=C(C1)CCN2.O=C(/C=C/c1ccc(CNCCc2cccc3[nH]c4c(c23)CCOC4)cc1)NO. The summed E-state index contributed by atoms with van der Waals surface area (Å²) in [6, 6.07) is 14.4. The van der Waals surface area contributed by atoms with Gasteiger partial charge in [-0.1, -0.05) is 36.4 Å². The first-order chi connectivity index (χ1) is 18.7. The lowest BCUT2D eigenvalue weighted by atomic mass is 9.99. The Morgan fingerprint density at radius 3 is 2.82 bits per heavy atom. The van der Waals surface area contributed by atoms with E-state index in [2.05, 4.69) is 33.8 Å². The third kappa shape index (κ3) is 6.45. The molecule has 0 unspecified atom stereocenters. The van der Waals surface area contributed by atoms with Gasteiger partial charge >= 0.3 is 0 Å². The van der Waals surface area contributed by atoms with Gasteiger partial charge in [0.1, 0.15) is 0 Å². The molecule has 8 heteroatoms. The molecule has 38 heavy (non-hydrogen) atoms. The second-order valence-electron chi connectivity index (χ2n) is 9.76. The van der Waals surface area contributed by atoms with Gasteiger partial charge in [0.15, 0.2) is 5.88 Å². The van der Waals surface area contributed by atoms with E-state index in [9.17, 15) is 4.79 Å². The smallest absolute Gasteiger partial charge is 0.267 e. The van der Waals surface area contributed by atoms with Crippen LogP contribution in [-0.4, -0.2) is 42.4 Å². The molecular weight excluding hydrogens is 480 g/mol. The number of carbonyl (C=O) groups excluding carboxylic acids is 1. The molecule has 200 valence electrons. The summed E-state index contributed by atoms with van der Waals surface area (Å²) in [5, 5.41) is 16.6. The van der Waals surface area contributed by atoms with Gasteiger partial charge in [0.25, 0.3) is 5.91 Å². The van der Waals surface area contributed by atoms with Crippen molar-refractivity contribution >= 4 is 22.9 Å². The van der Waals surface area contributed by atoms with Crippen LogP contribution in [0.4, 0.5) is 0 Å². The van der Waals surface area contributed by atoms with Gasteiger partial charge in [0.2, 0.25) is 0 Å². The van der Waals surface area contributed by atoms with Crippen LogP contribution >= 0.6 is 0 Å². The quantitative estimate of drug-likeness (QED) is 0.140. The Morgan fingerprint density at radius 1 is 1.08 bits per heavy atom. The molecule has 8 nitrogen and oxygen atoms in total. The number of aromatic nitrogens is 1. The Morgan fingerprint density at radius 2 is 1.97 bits per heavy atom. The van der Waals surface area contributed by atoms with Crippen LogP contribution in [0.2, 0.25) is 0 Å². The molecule has 6 rings (SSSR count). The maximum absolute atomic E-state index is 11.0. The first-order valence-corrected chi connectivity index (χ1v) is 13.4. The minimum Gasteiger partial charge on any atom is -0.479 e. The van der Waals surface area contributed by atoms with E-state index in [0.29, 0.717) is 6.61 Å². The molecule has 1 aromatic heterocycles. The molecule has 0 atom stereocenters. The normalized spacial score (nSPS) is 16.3. The van der Waals surface area contributed by atoms with E-state index in [4.69, 9.17) is 14.7 Å². The number of aromatic amines is 1. The van der Waals surface area contributed by atoms with Crippen molar-refractivity contribution in [2.45, 2.75) is 45.3 Å². The molecule has 3 aliphatic rings. The zero-order valence-corrected chi connectivity index (χ0v) is 21.6. The molecule has 0 radical (unpaired) electrons. The van der Waals surface area contributed by atoms with Crippen LogP contribution in [0.5, 0.6) is 0 Å². The zero-order valence-electron chi connectivity index (χ0n) is 21.6. The molecule has 5 N–H and O–H groups in total. The maximum Gasteiger partial charge on any atom is 0.267 e. The van der Waals surface area contributed by atoms with Gasteiger partial charge in [0, 0.05) is 35.8 Å². The van der Waals surface area contributed by atoms with Crippen LogP contribution in [-0.2, 0) is 40.3 Å². The van der Waals surface area contributed by atoms with Crippen LogP contribution in [0.3, 0.4) is 0 Å². The number of rotatable bonds is 7. The predicted molar refractivity (Wildman–Crippen MR) is 147 cm³/mol. The van der Waals surface area contributed by atoms with Crippen molar-refractivity contribution in [1.82, 2.24) is 21.1 Å². The highest BCUT2D eigenvalue weighted by Crippen LogP contribution is 2.29. The third-order valence-electron chi connectivity index (χ3n) is 7.17. The van der Waals surface area contributed by atoms with Crippen LogP contribution in [0, 0.1) is 0 Å². The Balaban J connectivity index is 0.000000273. The Labute approximate surface area is 223 Å². The van der Waals surface area contributed by atoms with Gasteiger partial charge in [-0.05, 0) is 78.6 Å². The number of hydrogen-bond donors (Lipinski definition) is 5. The average Bonchev–Trinajstić information content (AvgIpc) is 3.60. The molecule has 1 amide bonds. The number of H-pyrrole nitrogens is 1. The van der Waals surface area contributed by atoms with Gasteiger partial charge < -0.3 is 25.1 Å². The predicted octanol–water partition coefficient (Wildman–Crippen LogP) is 4.09. The lowest BCUT2D eigenvalue weighted by Crippen LogP contribution is -2.17. The standard InChI is InChI=1S/C23H25N3O3.C7H11NO/c27-22(26-28)9-8-16-4-6-17(7-5-16)14-24-12-10-18-2-1-3-20-23(18)19-11-13-29-15-21(19)25-20;1-2-6-3-4-8-7(6)9-5-1/h1-9,24-25,28H,10-15H2,(H,26,27);8H,1-5H2/b9-8+;. The number of ether oxygens (including phenoxy) is 2. The first-order valence-electron chi connectivity index (χ1n) is 13.4. The van der Waals surface area contributed by atoms with E-state index in [-0.39, 0.29) is 0 Å². The van der Waals surface area contributed by atoms with Crippen LogP contribution < -0.4 is 16.1 Å². The molecular formula is C30H36N4O4. The van der Waals surface area contributed by atoms with Gasteiger partial charge in [-0.25, -0.2) is 5.48 Å². The summed E-state index contributed by atoms with van der Waals surface area (Å²) in [5.41, 5.74) is 10.4. The monoisotopic (exact) mass is 516 g/mol. The summed E-state index contributed by atoms with van der Waals surface area (Å²) in [5.74, 6) is 0.545. The van der Waals surface area contributed by atoms with Crippen molar-refractivity contribution in [3.05, 3.63) is 87.9 Å². The average molecular weight is 517 g/mol. The van der Waals surface area contributed by atoms with Crippen LogP contribution in [0.15, 0.2) is 60.0 Å². The fraction of sp³-hybridized carbons (Fsp3) is 0.367. The molecule has 0 saturated carbocycles. The number of carbonyl (C=O) groups is 1. The number of hydrogen-bond acceptors (Lipinski definition) is 6. The molecule has 0 fully saturated rings. The Bertz CT molecular complexity index is 1290. The Kier molecular flexibility index (Phi) is 8.75. The van der Waals surface area contributed by atoms with Gasteiger partial charge in [-0.3, -0.25) is 10.0 Å².